The number of ether oxygens (including phenoxy) is 1. The first-order valence-corrected chi connectivity index (χ1v) is 10.4. The normalized spacial score (nSPS) is 14.8. The summed E-state index contributed by atoms with van der Waals surface area (Å²) in [5.41, 5.74) is -0.288. The Morgan fingerprint density at radius 1 is 1.19 bits per heavy atom. The van der Waals surface area contributed by atoms with E-state index < -0.39 is 11.2 Å². The Balaban J connectivity index is 1.70. The third-order valence-electron chi connectivity index (χ3n) is 5.59. The van der Waals surface area contributed by atoms with Crippen LogP contribution < -0.4 is 16.1 Å². The van der Waals surface area contributed by atoms with Gasteiger partial charge in [0.2, 0.25) is 5.95 Å². The van der Waals surface area contributed by atoms with E-state index in [1.165, 1.54) is 17.7 Å². The molecule has 3 heterocycles. The van der Waals surface area contributed by atoms with Crippen LogP contribution in [-0.2, 0) is 23.1 Å². The molecule has 1 N–H and O–H groups in total. The number of benzene rings is 1. The number of aromatic amines is 1. The number of H-pyrrole nitrogens is 1. The number of imidazole rings is 1. The van der Waals surface area contributed by atoms with Crippen molar-refractivity contribution in [3.63, 3.8) is 0 Å². The van der Waals surface area contributed by atoms with Crippen molar-refractivity contribution in [1.29, 1.82) is 0 Å². The summed E-state index contributed by atoms with van der Waals surface area (Å²) < 4.78 is 22.3. The Bertz CT molecular complexity index is 1260. The Kier molecular flexibility index (Phi) is 6.08. The average molecular weight is 444 g/mol. The third-order valence-corrected chi connectivity index (χ3v) is 5.59. The van der Waals surface area contributed by atoms with Gasteiger partial charge in [0.05, 0.1) is 19.7 Å². The summed E-state index contributed by atoms with van der Waals surface area (Å²) in [5.74, 6) is -0.180. The van der Waals surface area contributed by atoms with Gasteiger partial charge in [-0.1, -0.05) is 18.2 Å². The molecule has 0 bridgehead atoms. The lowest BCUT2D eigenvalue weighted by Crippen LogP contribution is -2.49. The van der Waals surface area contributed by atoms with E-state index in [0.717, 1.165) is 0 Å². The van der Waals surface area contributed by atoms with E-state index in [9.17, 15) is 18.8 Å². The number of aryl methyl sites for hydroxylation is 1. The van der Waals surface area contributed by atoms with E-state index in [-0.39, 0.29) is 36.0 Å². The first-order chi connectivity index (χ1) is 15.4. The second-order valence-electron chi connectivity index (χ2n) is 7.65. The largest absolute Gasteiger partial charge is 0.465 e. The van der Waals surface area contributed by atoms with Gasteiger partial charge >= 0.3 is 11.7 Å². The first-order valence-electron chi connectivity index (χ1n) is 10.4. The van der Waals surface area contributed by atoms with Gasteiger partial charge in [0.25, 0.3) is 5.56 Å². The highest BCUT2D eigenvalue weighted by Crippen LogP contribution is 2.23. The van der Waals surface area contributed by atoms with E-state index in [0.29, 0.717) is 44.3 Å². The molecule has 0 amide bonds. The molecule has 0 aliphatic carbocycles. The highest BCUT2D eigenvalue weighted by atomic mass is 19.1. The van der Waals surface area contributed by atoms with Crippen LogP contribution in [0.15, 0.2) is 33.9 Å². The number of piperazine rings is 1. The van der Waals surface area contributed by atoms with Crippen LogP contribution in [0.5, 0.6) is 0 Å². The predicted molar refractivity (Wildman–Crippen MR) is 116 cm³/mol. The molecule has 0 atom stereocenters. The second kappa shape index (κ2) is 8.95. The number of nitrogens with zero attached hydrogens (tertiary/aromatic N) is 5. The van der Waals surface area contributed by atoms with E-state index in [2.05, 4.69) is 9.97 Å². The Hall–Kier alpha value is -3.47. The van der Waals surface area contributed by atoms with E-state index in [1.54, 1.807) is 29.7 Å². The summed E-state index contributed by atoms with van der Waals surface area (Å²) in [7, 11) is 1.53. The minimum absolute atomic E-state index is 0.0861. The second-order valence-corrected chi connectivity index (χ2v) is 7.65. The summed E-state index contributed by atoms with van der Waals surface area (Å²) in [5, 5.41) is 0. The van der Waals surface area contributed by atoms with Crippen LogP contribution in [0.1, 0.15) is 12.5 Å². The molecule has 0 saturated carbocycles. The maximum absolute atomic E-state index is 14.4. The van der Waals surface area contributed by atoms with Crippen LogP contribution in [0.3, 0.4) is 0 Å². The van der Waals surface area contributed by atoms with Crippen molar-refractivity contribution >= 4 is 23.1 Å². The van der Waals surface area contributed by atoms with Crippen molar-refractivity contribution in [2.75, 3.05) is 44.2 Å². The highest BCUT2D eigenvalue weighted by Gasteiger charge is 2.26. The third kappa shape index (κ3) is 4.15. The molecule has 11 heteroatoms. The van der Waals surface area contributed by atoms with Crippen LogP contribution in [-0.4, -0.2) is 69.3 Å². The van der Waals surface area contributed by atoms with Crippen LogP contribution in [0.2, 0.25) is 0 Å². The number of nitrogens with one attached hydrogen (secondary N) is 1. The molecule has 1 saturated heterocycles. The monoisotopic (exact) mass is 444 g/mol. The average Bonchev–Trinajstić information content (AvgIpc) is 3.14. The topological polar surface area (TPSA) is 105 Å². The number of esters is 1. The van der Waals surface area contributed by atoms with Gasteiger partial charge in [-0.15, -0.1) is 0 Å². The fraction of sp³-hybridized carbons (Fsp3) is 0.429. The standard InChI is InChI=1S/C21H25FN6O4/c1-3-32-16(29)13-26-8-10-27(11-9-26)20-23-18-17(19(30)24-21(31)25(18)2)28(20)12-14-6-4-5-7-15(14)22/h4-7H,3,8-13H2,1-2H3,(H,24,30,31). The molecule has 1 aliphatic heterocycles. The van der Waals surface area contributed by atoms with Gasteiger partial charge in [-0.3, -0.25) is 28.6 Å². The summed E-state index contributed by atoms with van der Waals surface area (Å²) in [6.07, 6.45) is 0. The lowest BCUT2D eigenvalue weighted by atomic mass is 10.2. The minimum atomic E-state index is -0.570. The van der Waals surface area contributed by atoms with Crippen molar-refractivity contribution < 1.29 is 13.9 Å². The van der Waals surface area contributed by atoms with Crippen molar-refractivity contribution in [3.05, 3.63) is 56.5 Å². The summed E-state index contributed by atoms with van der Waals surface area (Å²) in [6.45, 7) is 4.69. The summed E-state index contributed by atoms with van der Waals surface area (Å²) in [6, 6.07) is 6.34. The van der Waals surface area contributed by atoms with Gasteiger partial charge in [0.1, 0.15) is 5.82 Å². The van der Waals surface area contributed by atoms with Gasteiger partial charge in [-0.25, -0.2) is 9.18 Å². The van der Waals surface area contributed by atoms with Gasteiger partial charge in [-0.05, 0) is 13.0 Å². The molecule has 10 nitrogen and oxygen atoms in total. The molecule has 2 aromatic heterocycles. The number of hydrogen-bond donors (Lipinski definition) is 1. The Morgan fingerprint density at radius 3 is 2.59 bits per heavy atom. The van der Waals surface area contributed by atoms with Gasteiger partial charge in [0.15, 0.2) is 11.2 Å². The summed E-state index contributed by atoms with van der Waals surface area (Å²) in [4.78, 5) is 47.4. The number of fused-ring (bicyclic) bond motifs is 1. The van der Waals surface area contributed by atoms with Crippen molar-refractivity contribution in [2.24, 2.45) is 7.05 Å². The minimum Gasteiger partial charge on any atom is -0.465 e. The maximum atomic E-state index is 14.4. The number of hydrogen-bond acceptors (Lipinski definition) is 7. The number of halogens is 1. The predicted octanol–water partition coefficient (Wildman–Crippen LogP) is 0.296. The quantitative estimate of drug-likeness (QED) is 0.545. The molecule has 0 unspecified atom stereocenters. The highest BCUT2D eigenvalue weighted by molar-refractivity contribution is 5.75. The maximum Gasteiger partial charge on any atom is 0.329 e. The van der Waals surface area contributed by atoms with Crippen molar-refractivity contribution in [2.45, 2.75) is 13.5 Å². The lowest BCUT2D eigenvalue weighted by molar-refractivity contribution is -0.144. The zero-order chi connectivity index (χ0) is 22.8. The van der Waals surface area contributed by atoms with Crippen molar-refractivity contribution in [3.8, 4) is 0 Å². The molecule has 3 aromatic rings. The number of carbonyl (C=O) groups excluding carboxylic acids is 1. The fourth-order valence-electron chi connectivity index (χ4n) is 3.91. The van der Waals surface area contributed by atoms with E-state index in [4.69, 9.17) is 4.74 Å². The molecule has 0 radical (unpaired) electrons. The molecule has 1 aliphatic rings. The Labute approximate surface area is 182 Å². The van der Waals surface area contributed by atoms with Crippen LogP contribution in [0.4, 0.5) is 10.3 Å². The van der Waals surface area contributed by atoms with Crippen LogP contribution in [0, 0.1) is 5.82 Å². The zero-order valence-corrected chi connectivity index (χ0v) is 18.0. The molecular formula is C21H25FN6O4. The molecule has 32 heavy (non-hydrogen) atoms. The fourth-order valence-corrected chi connectivity index (χ4v) is 3.91. The van der Waals surface area contributed by atoms with Crippen LogP contribution in [0.25, 0.3) is 11.2 Å². The molecule has 1 fully saturated rings. The number of rotatable bonds is 6. The molecular weight excluding hydrogens is 419 g/mol. The van der Waals surface area contributed by atoms with Crippen LogP contribution >= 0.6 is 0 Å². The summed E-state index contributed by atoms with van der Waals surface area (Å²) >= 11 is 0. The smallest absolute Gasteiger partial charge is 0.329 e. The molecule has 1 aromatic carbocycles. The van der Waals surface area contributed by atoms with Crippen molar-refractivity contribution in [1.82, 2.24) is 24.0 Å². The molecule has 170 valence electrons. The first kappa shape index (κ1) is 21.8. The Morgan fingerprint density at radius 2 is 1.91 bits per heavy atom. The van der Waals surface area contributed by atoms with Gasteiger partial charge in [0, 0.05) is 38.8 Å². The number of aromatic nitrogens is 4. The number of anilines is 1. The lowest BCUT2D eigenvalue weighted by Gasteiger charge is -2.34. The van der Waals surface area contributed by atoms with Gasteiger partial charge in [-0.2, -0.15) is 4.98 Å². The van der Waals surface area contributed by atoms with E-state index in [1.807, 2.05) is 9.80 Å². The van der Waals surface area contributed by atoms with E-state index >= 15 is 0 Å². The zero-order valence-electron chi connectivity index (χ0n) is 18.0. The SMILES string of the molecule is CCOC(=O)CN1CCN(c2nc3c(c(=O)[nH]c(=O)n3C)n2Cc2ccccc2F)CC1. The van der Waals surface area contributed by atoms with Gasteiger partial charge < -0.3 is 9.64 Å². The molecule has 4 rings (SSSR count). The molecule has 0 spiro atoms. The number of carbonyl (C=O) groups is 1.